The fourth-order valence-electron chi connectivity index (χ4n) is 2.44. The molecule has 2 bridgehead atoms. The van der Waals surface area contributed by atoms with E-state index in [0.717, 1.165) is 0 Å². The molecule has 0 amide bonds. The molecular weight excluding hydrogens is 326 g/mol. The van der Waals surface area contributed by atoms with Gasteiger partial charge in [0.2, 0.25) is 4.77 Å². The van der Waals surface area contributed by atoms with E-state index in [0.29, 0.717) is 30.1 Å². The Morgan fingerprint density at radius 1 is 1.59 bits per heavy atom. The number of nitrogens with zero attached hydrogens (tertiary/aromatic N) is 5. The maximum Gasteiger partial charge on any atom is 0.216 e. The molecule has 2 aliphatic rings. The first kappa shape index (κ1) is 15.2. The maximum atomic E-state index is 5.79. The van der Waals surface area contributed by atoms with Crippen molar-refractivity contribution < 1.29 is 9.47 Å². The minimum Gasteiger partial charge on any atom is -0.375 e. The molecule has 0 saturated carbocycles. The van der Waals surface area contributed by atoms with Gasteiger partial charge in [0.15, 0.2) is 11.4 Å². The predicted molar refractivity (Wildman–Crippen MR) is 84.7 cm³/mol. The van der Waals surface area contributed by atoms with Crippen LogP contribution in [0, 0.1) is 4.77 Å². The van der Waals surface area contributed by atoms with Gasteiger partial charge in [-0.05, 0) is 34.9 Å². The zero-order valence-corrected chi connectivity index (χ0v) is 13.2. The fourth-order valence-corrected chi connectivity index (χ4v) is 2.77. The molecule has 11 heteroatoms. The first-order chi connectivity index (χ1) is 10.6. The number of rotatable bonds is 4. The van der Waals surface area contributed by atoms with Crippen molar-refractivity contribution in [3.8, 4) is 0 Å². The number of thiocarbonyl (C=S) groups is 1. The second-order valence-corrected chi connectivity index (χ2v) is 5.67. The summed E-state index contributed by atoms with van der Waals surface area (Å²) in [4.78, 5) is 0. The zero-order chi connectivity index (χ0) is 15.7. The third-order valence-electron chi connectivity index (χ3n) is 3.42. The molecular formula is C11H15N7O2S2. The Hall–Kier alpha value is -1.69. The van der Waals surface area contributed by atoms with Crippen LogP contribution in [0.15, 0.2) is 17.8 Å². The zero-order valence-electron chi connectivity index (χ0n) is 11.6. The number of nitrogens with two attached hydrogens (primary N) is 1. The first-order valence-corrected chi connectivity index (χ1v) is 7.44. The van der Waals surface area contributed by atoms with E-state index in [1.165, 1.54) is 0 Å². The number of hydrogen-bond donors (Lipinski definition) is 2. The highest BCUT2D eigenvalue weighted by Crippen LogP contribution is 2.33. The number of hydrogen-bond acceptors (Lipinski definition) is 7. The molecule has 2 aliphatic heterocycles. The van der Waals surface area contributed by atoms with Gasteiger partial charge in [0, 0.05) is 6.42 Å². The monoisotopic (exact) mass is 341 g/mol. The highest BCUT2D eigenvalue weighted by atomic mass is 32.1. The summed E-state index contributed by atoms with van der Waals surface area (Å²) in [6.45, 7) is 4.61. The number of tetrazole rings is 1. The van der Waals surface area contributed by atoms with Crippen LogP contribution >= 0.6 is 24.4 Å². The van der Waals surface area contributed by atoms with Gasteiger partial charge in [0.1, 0.15) is 6.10 Å². The van der Waals surface area contributed by atoms with Crippen molar-refractivity contribution in [1.29, 1.82) is 0 Å². The molecule has 22 heavy (non-hydrogen) atoms. The summed E-state index contributed by atoms with van der Waals surface area (Å²) >= 11 is 10.1. The quantitative estimate of drug-likeness (QED) is 0.443. The van der Waals surface area contributed by atoms with Crippen LogP contribution in [-0.4, -0.2) is 49.6 Å². The predicted octanol–water partition coefficient (Wildman–Crippen LogP) is -0.129. The fraction of sp³-hybridized carbons (Fsp3) is 0.545. The summed E-state index contributed by atoms with van der Waals surface area (Å²) in [5.74, 6) is 0. The highest BCUT2D eigenvalue weighted by Gasteiger charge is 2.44. The third-order valence-corrected chi connectivity index (χ3v) is 3.91. The van der Waals surface area contributed by atoms with E-state index in [1.807, 2.05) is 0 Å². The SMILES string of the molecule is C=CCn1nnn([C@@H]2C/C(=N\NC(N)=S)[C@H]3OC[C@@H]2O3)c1=S. The van der Waals surface area contributed by atoms with Crippen LogP contribution < -0.4 is 11.2 Å². The van der Waals surface area contributed by atoms with Gasteiger partial charge >= 0.3 is 0 Å². The van der Waals surface area contributed by atoms with Crippen molar-refractivity contribution >= 4 is 35.3 Å². The molecule has 0 aliphatic carbocycles. The summed E-state index contributed by atoms with van der Waals surface area (Å²) in [5.41, 5.74) is 8.60. The largest absolute Gasteiger partial charge is 0.375 e. The van der Waals surface area contributed by atoms with E-state index < -0.39 is 6.29 Å². The first-order valence-electron chi connectivity index (χ1n) is 6.62. The Balaban J connectivity index is 1.87. The molecule has 0 unspecified atom stereocenters. The van der Waals surface area contributed by atoms with Crippen LogP contribution in [-0.2, 0) is 16.0 Å². The Morgan fingerprint density at radius 3 is 3.14 bits per heavy atom. The number of nitrogens with one attached hydrogen (secondary N) is 1. The molecule has 2 fully saturated rings. The average Bonchev–Trinajstić information content (AvgIpc) is 3.06. The number of allylic oxidation sites excluding steroid dienone is 1. The minimum atomic E-state index is -0.486. The highest BCUT2D eigenvalue weighted by molar-refractivity contribution is 7.80. The summed E-state index contributed by atoms with van der Waals surface area (Å²) in [5, 5.41) is 12.4. The normalized spacial score (nSPS) is 28.7. The summed E-state index contributed by atoms with van der Waals surface area (Å²) in [6, 6.07) is -0.142. The van der Waals surface area contributed by atoms with Gasteiger partial charge in [-0.3, -0.25) is 5.43 Å². The van der Waals surface area contributed by atoms with E-state index in [9.17, 15) is 0 Å². The van der Waals surface area contributed by atoms with Gasteiger partial charge < -0.3 is 15.2 Å². The Bertz CT molecular complexity index is 682. The third kappa shape index (κ3) is 2.79. The molecule has 0 spiro atoms. The molecule has 2 saturated heterocycles. The van der Waals surface area contributed by atoms with E-state index in [-0.39, 0.29) is 17.3 Å². The van der Waals surface area contributed by atoms with E-state index >= 15 is 0 Å². The number of fused-ring (bicyclic) bond motifs is 2. The van der Waals surface area contributed by atoms with Crippen molar-refractivity contribution in [2.24, 2.45) is 10.8 Å². The number of aromatic nitrogens is 4. The second-order valence-electron chi connectivity index (χ2n) is 4.87. The maximum absolute atomic E-state index is 5.79. The molecule has 1 aromatic rings. The van der Waals surface area contributed by atoms with Crippen molar-refractivity contribution in [2.75, 3.05) is 6.61 Å². The van der Waals surface area contributed by atoms with Gasteiger partial charge in [-0.25, -0.2) is 9.36 Å². The van der Waals surface area contributed by atoms with Crippen LogP contribution in [0.1, 0.15) is 12.5 Å². The van der Waals surface area contributed by atoms with Gasteiger partial charge in [-0.2, -0.15) is 5.10 Å². The van der Waals surface area contributed by atoms with Gasteiger partial charge in [-0.1, -0.05) is 6.08 Å². The Labute approximate surface area is 136 Å². The molecule has 3 heterocycles. The van der Waals surface area contributed by atoms with Crippen LogP contribution in [0.2, 0.25) is 0 Å². The molecule has 118 valence electrons. The van der Waals surface area contributed by atoms with Gasteiger partial charge in [0.05, 0.1) is 24.9 Å². The van der Waals surface area contributed by atoms with Crippen molar-refractivity contribution in [3.05, 3.63) is 17.4 Å². The smallest absolute Gasteiger partial charge is 0.216 e. The van der Waals surface area contributed by atoms with E-state index in [4.69, 9.17) is 39.6 Å². The lowest BCUT2D eigenvalue weighted by Gasteiger charge is -2.27. The Morgan fingerprint density at radius 2 is 2.41 bits per heavy atom. The van der Waals surface area contributed by atoms with Gasteiger partial charge in [-0.15, -0.1) is 6.58 Å². The van der Waals surface area contributed by atoms with E-state index in [2.05, 4.69) is 27.5 Å². The molecule has 1 aromatic heterocycles. The van der Waals surface area contributed by atoms with Crippen molar-refractivity contribution in [1.82, 2.24) is 25.2 Å². The van der Waals surface area contributed by atoms with Crippen molar-refractivity contribution in [3.63, 3.8) is 0 Å². The topological polar surface area (TPSA) is 105 Å². The lowest BCUT2D eigenvalue weighted by atomic mass is 10.0. The second kappa shape index (κ2) is 6.20. The van der Waals surface area contributed by atoms with Crippen LogP contribution in [0.3, 0.4) is 0 Å². The van der Waals surface area contributed by atoms with Crippen molar-refractivity contribution in [2.45, 2.75) is 31.4 Å². The van der Waals surface area contributed by atoms with Gasteiger partial charge in [0.25, 0.3) is 0 Å². The lowest BCUT2D eigenvalue weighted by Crippen LogP contribution is -2.39. The Kier molecular flexibility index (Phi) is 4.29. The lowest BCUT2D eigenvalue weighted by molar-refractivity contribution is -0.0324. The number of ether oxygens (including phenoxy) is 2. The summed E-state index contributed by atoms with van der Waals surface area (Å²) in [6.07, 6.45) is 1.64. The summed E-state index contributed by atoms with van der Waals surface area (Å²) < 4.78 is 15.1. The van der Waals surface area contributed by atoms with Crippen LogP contribution in [0.5, 0.6) is 0 Å². The van der Waals surface area contributed by atoms with Crippen LogP contribution in [0.25, 0.3) is 0 Å². The standard InChI is InChI=1S/C11H15N7O2S2/c1-2-3-17-11(22)18(16-15-17)7-4-6(13-14-10(12)21)9-19-5-8(7)20-9/h2,7-9H,1,3-5H2,(H3,12,14,21)/b13-6+/t7-,8+,9+/m1/s1. The number of hydrazone groups is 1. The molecule has 3 N–H and O–H groups in total. The molecule has 0 aromatic carbocycles. The van der Waals surface area contributed by atoms with E-state index in [1.54, 1.807) is 15.4 Å². The minimum absolute atomic E-state index is 0.0812. The molecule has 3 rings (SSSR count). The molecule has 3 atom stereocenters. The summed E-state index contributed by atoms with van der Waals surface area (Å²) in [7, 11) is 0. The molecule has 9 nitrogen and oxygen atoms in total. The van der Waals surface area contributed by atoms with Crippen LogP contribution in [0.4, 0.5) is 0 Å². The molecule has 0 radical (unpaired) electrons. The average molecular weight is 341 g/mol.